The van der Waals surface area contributed by atoms with Gasteiger partial charge in [0.2, 0.25) is 5.88 Å². The normalized spacial score (nSPS) is 19.9. The number of hydrogen-bond donors (Lipinski definition) is 3. The fourth-order valence-corrected chi connectivity index (χ4v) is 5.03. The Hall–Kier alpha value is -3.71. The minimum absolute atomic E-state index is 0.236. The summed E-state index contributed by atoms with van der Waals surface area (Å²) in [5, 5.41) is 17.5. The summed E-state index contributed by atoms with van der Waals surface area (Å²) in [6.07, 6.45) is 9.51. The van der Waals surface area contributed by atoms with Gasteiger partial charge in [0.1, 0.15) is 5.69 Å². The van der Waals surface area contributed by atoms with Crippen molar-refractivity contribution in [2.24, 2.45) is 5.92 Å². The van der Waals surface area contributed by atoms with Crippen LogP contribution in [0.4, 0.5) is 0 Å². The van der Waals surface area contributed by atoms with Crippen LogP contribution >= 0.6 is 0 Å². The second-order valence-electron chi connectivity index (χ2n) is 9.19. The Bertz CT molecular complexity index is 1280. The Morgan fingerprint density at radius 1 is 1.23 bits per heavy atom. The van der Waals surface area contributed by atoms with Crippen LogP contribution in [0.5, 0.6) is 5.88 Å². The van der Waals surface area contributed by atoms with Gasteiger partial charge in [0, 0.05) is 29.9 Å². The van der Waals surface area contributed by atoms with E-state index in [9.17, 15) is 9.90 Å². The van der Waals surface area contributed by atoms with Gasteiger partial charge in [-0.1, -0.05) is 30.7 Å². The Kier molecular flexibility index (Phi) is 6.77. The molecule has 1 amide bonds. The van der Waals surface area contributed by atoms with E-state index < -0.39 is 0 Å². The lowest BCUT2D eigenvalue weighted by Gasteiger charge is -2.31. The first-order valence-electron chi connectivity index (χ1n) is 12.1. The molecule has 1 saturated carbocycles. The molecule has 3 aromatic rings. The number of carbonyl (C=O) groups is 1. The van der Waals surface area contributed by atoms with Crippen LogP contribution in [0.2, 0.25) is 0 Å². The number of nitrogens with one attached hydrogen (secondary N) is 2. The molecule has 0 spiro atoms. The maximum Gasteiger partial charge on any atom is 0.274 e. The van der Waals surface area contributed by atoms with Crippen LogP contribution in [0, 0.1) is 5.92 Å². The minimum atomic E-state index is -0.277. The second-order valence-corrected chi connectivity index (χ2v) is 9.19. The predicted octanol–water partition coefficient (Wildman–Crippen LogP) is 3.88. The molecule has 0 saturated heterocycles. The van der Waals surface area contributed by atoms with Gasteiger partial charge >= 0.3 is 0 Å². The van der Waals surface area contributed by atoms with E-state index in [1.54, 1.807) is 13.3 Å². The van der Waals surface area contributed by atoms with Crippen molar-refractivity contribution in [1.29, 1.82) is 0 Å². The number of amides is 1. The quantitative estimate of drug-likeness (QED) is 0.506. The first-order valence-corrected chi connectivity index (χ1v) is 12.1. The van der Waals surface area contributed by atoms with Gasteiger partial charge in [0.05, 0.1) is 18.7 Å². The van der Waals surface area contributed by atoms with E-state index in [0.29, 0.717) is 24.5 Å². The fourth-order valence-electron chi connectivity index (χ4n) is 5.03. The molecule has 1 aromatic carbocycles. The van der Waals surface area contributed by atoms with E-state index in [1.807, 2.05) is 54.7 Å². The molecule has 2 aliphatic rings. The topological polar surface area (TPSA) is 96.4 Å². The lowest BCUT2D eigenvalue weighted by atomic mass is 9.81. The first-order chi connectivity index (χ1) is 17.1. The number of pyridine rings is 2. The molecule has 1 aliphatic carbocycles. The SMILES string of the molecule is COc1ccc(Cc2cc(C(=O)NC3=C(C4CCC[C@@H](O)C4)CNC=C3)nc3ccccc23)cn1. The van der Waals surface area contributed by atoms with E-state index in [2.05, 4.69) is 20.6 Å². The highest BCUT2D eigenvalue weighted by Gasteiger charge is 2.26. The molecular weight excluding hydrogens is 440 g/mol. The predicted molar refractivity (Wildman–Crippen MR) is 135 cm³/mol. The number of para-hydroxylation sites is 1. The van der Waals surface area contributed by atoms with E-state index >= 15 is 0 Å². The number of methoxy groups -OCH3 is 1. The summed E-state index contributed by atoms with van der Waals surface area (Å²) < 4.78 is 5.17. The number of nitrogens with zero attached hydrogens (tertiary/aromatic N) is 2. The maximum atomic E-state index is 13.4. The zero-order valence-electron chi connectivity index (χ0n) is 19.8. The number of aliphatic hydroxyl groups excluding tert-OH is 1. The molecule has 3 N–H and O–H groups in total. The summed E-state index contributed by atoms with van der Waals surface area (Å²) in [6.45, 7) is 0.671. The second kappa shape index (κ2) is 10.3. The molecule has 2 aromatic heterocycles. The van der Waals surface area contributed by atoms with Crippen molar-refractivity contribution in [3.05, 3.63) is 89.0 Å². The minimum Gasteiger partial charge on any atom is -0.481 e. The van der Waals surface area contributed by atoms with E-state index in [1.165, 1.54) is 0 Å². The number of aromatic nitrogens is 2. The van der Waals surface area contributed by atoms with Gasteiger partial charge in [0.15, 0.2) is 0 Å². The van der Waals surface area contributed by atoms with Crippen molar-refractivity contribution in [2.45, 2.75) is 38.2 Å². The van der Waals surface area contributed by atoms with Crippen molar-refractivity contribution in [2.75, 3.05) is 13.7 Å². The van der Waals surface area contributed by atoms with Gasteiger partial charge in [-0.2, -0.15) is 0 Å². The van der Waals surface area contributed by atoms with Crippen molar-refractivity contribution in [3.8, 4) is 5.88 Å². The lowest BCUT2D eigenvalue weighted by molar-refractivity contribution is 0.0960. The molecule has 7 heteroatoms. The molecule has 1 unspecified atom stereocenters. The third-order valence-corrected chi connectivity index (χ3v) is 6.83. The van der Waals surface area contributed by atoms with Crippen molar-refractivity contribution in [3.63, 3.8) is 0 Å². The van der Waals surface area contributed by atoms with Crippen molar-refractivity contribution < 1.29 is 14.6 Å². The van der Waals surface area contributed by atoms with Crippen LogP contribution in [0.25, 0.3) is 10.9 Å². The Labute approximate surface area is 204 Å². The Morgan fingerprint density at radius 2 is 2.11 bits per heavy atom. The zero-order chi connectivity index (χ0) is 24.2. The summed E-state index contributed by atoms with van der Waals surface area (Å²) in [5.41, 5.74) is 5.15. The van der Waals surface area contributed by atoms with E-state index in [4.69, 9.17) is 4.74 Å². The number of allylic oxidation sites excluding steroid dienone is 1. The lowest BCUT2D eigenvalue weighted by Crippen LogP contribution is -2.33. The van der Waals surface area contributed by atoms with Gasteiger partial charge in [-0.05, 0) is 72.7 Å². The summed E-state index contributed by atoms with van der Waals surface area (Å²) in [6, 6.07) is 13.6. The van der Waals surface area contributed by atoms with Gasteiger partial charge < -0.3 is 20.5 Å². The average Bonchev–Trinajstić information content (AvgIpc) is 2.89. The Balaban J connectivity index is 1.44. The standard InChI is InChI=1S/C28H30N4O3/c1-35-27-10-9-18(16-30-27)13-20-15-26(31-24-8-3-2-7-22(20)24)28(34)32-25-11-12-29-17-23(25)19-5-4-6-21(33)14-19/h2-3,7-12,15-16,19,21,29,33H,4-6,13-14,17H2,1H3,(H,32,34)/t19?,21-/m1/s1. The highest BCUT2D eigenvalue weighted by atomic mass is 16.5. The highest BCUT2D eigenvalue weighted by Crippen LogP contribution is 2.32. The summed E-state index contributed by atoms with van der Waals surface area (Å²) in [7, 11) is 1.60. The number of rotatable bonds is 6. The molecule has 7 nitrogen and oxygen atoms in total. The number of fused-ring (bicyclic) bond motifs is 1. The molecule has 2 atom stereocenters. The molecule has 0 bridgehead atoms. The van der Waals surface area contributed by atoms with Crippen molar-refractivity contribution >= 4 is 16.8 Å². The first kappa shape index (κ1) is 23.1. The molecule has 0 radical (unpaired) electrons. The van der Waals surface area contributed by atoms with Gasteiger partial charge in [0.25, 0.3) is 5.91 Å². The fraction of sp³-hybridized carbons (Fsp3) is 0.321. The molecule has 1 fully saturated rings. The van der Waals surface area contributed by atoms with Crippen molar-refractivity contribution in [1.82, 2.24) is 20.6 Å². The Morgan fingerprint density at radius 3 is 2.91 bits per heavy atom. The average molecular weight is 471 g/mol. The van der Waals surface area contributed by atoms with Crippen LogP contribution in [-0.2, 0) is 6.42 Å². The van der Waals surface area contributed by atoms with Gasteiger partial charge in [-0.3, -0.25) is 4.79 Å². The number of carbonyl (C=O) groups excluding carboxylic acids is 1. The molecule has 1 aliphatic heterocycles. The zero-order valence-corrected chi connectivity index (χ0v) is 19.8. The smallest absolute Gasteiger partial charge is 0.274 e. The van der Waals surface area contributed by atoms with Crippen LogP contribution in [0.15, 0.2) is 72.2 Å². The molecule has 5 rings (SSSR count). The number of aliphatic hydroxyl groups is 1. The third-order valence-electron chi connectivity index (χ3n) is 6.83. The number of hydrogen-bond acceptors (Lipinski definition) is 6. The largest absolute Gasteiger partial charge is 0.481 e. The third kappa shape index (κ3) is 5.20. The van der Waals surface area contributed by atoms with E-state index in [0.717, 1.165) is 59.0 Å². The van der Waals surface area contributed by atoms with Gasteiger partial charge in [-0.15, -0.1) is 0 Å². The monoisotopic (exact) mass is 470 g/mol. The number of dihydropyridines is 1. The highest BCUT2D eigenvalue weighted by molar-refractivity contribution is 5.97. The number of ether oxygens (including phenoxy) is 1. The van der Waals surface area contributed by atoms with Crippen LogP contribution in [0.1, 0.15) is 47.3 Å². The van der Waals surface area contributed by atoms with Crippen LogP contribution in [0.3, 0.4) is 0 Å². The maximum absolute atomic E-state index is 13.4. The summed E-state index contributed by atoms with van der Waals surface area (Å²) in [4.78, 5) is 22.4. The molecular formula is C28H30N4O3. The van der Waals surface area contributed by atoms with Gasteiger partial charge in [-0.25, -0.2) is 9.97 Å². The van der Waals surface area contributed by atoms with E-state index in [-0.39, 0.29) is 17.9 Å². The summed E-state index contributed by atoms with van der Waals surface area (Å²) >= 11 is 0. The number of benzene rings is 1. The molecule has 3 heterocycles. The van der Waals surface area contributed by atoms with Crippen LogP contribution in [-0.4, -0.2) is 40.7 Å². The molecule has 180 valence electrons. The molecule has 35 heavy (non-hydrogen) atoms. The summed E-state index contributed by atoms with van der Waals surface area (Å²) in [5.74, 6) is 0.590. The van der Waals surface area contributed by atoms with Crippen LogP contribution < -0.4 is 15.4 Å².